The highest BCUT2D eigenvalue weighted by molar-refractivity contribution is 5.95. The average Bonchev–Trinajstić information content (AvgIpc) is 3.14. The van der Waals surface area contributed by atoms with Crippen LogP contribution in [0.25, 0.3) is 0 Å². The van der Waals surface area contributed by atoms with Gasteiger partial charge >= 0.3 is 0 Å². The highest BCUT2D eigenvalue weighted by Crippen LogP contribution is 2.27. The van der Waals surface area contributed by atoms with Gasteiger partial charge in [-0.2, -0.15) is 0 Å². The number of hydrogen-bond donors (Lipinski definition) is 2. The van der Waals surface area contributed by atoms with Gasteiger partial charge in [0.25, 0.3) is 5.91 Å². The number of ether oxygens (including phenoxy) is 2. The number of nitrogens with two attached hydrogens (primary N) is 1. The second kappa shape index (κ2) is 8.34. The first-order valence-electron chi connectivity index (χ1n) is 9.05. The zero-order valence-corrected chi connectivity index (χ0v) is 15.3. The van der Waals surface area contributed by atoms with Gasteiger partial charge in [0.15, 0.2) is 0 Å². The maximum Gasteiger partial charge on any atom is 0.253 e. The third-order valence-corrected chi connectivity index (χ3v) is 4.70. The molecule has 0 bridgehead atoms. The third-order valence-electron chi connectivity index (χ3n) is 4.70. The molecule has 2 aromatic carbocycles. The van der Waals surface area contributed by atoms with Gasteiger partial charge in [0.2, 0.25) is 0 Å². The molecule has 5 heteroatoms. The Morgan fingerprint density at radius 2 is 2.04 bits per heavy atom. The molecule has 3 rings (SSSR count). The van der Waals surface area contributed by atoms with E-state index in [1.54, 1.807) is 0 Å². The fraction of sp³-hybridized carbons (Fsp3) is 0.381. The van der Waals surface area contributed by atoms with E-state index < -0.39 is 6.10 Å². The second-order valence-electron chi connectivity index (χ2n) is 6.70. The summed E-state index contributed by atoms with van der Waals surface area (Å²) >= 11 is 0. The lowest BCUT2D eigenvalue weighted by molar-refractivity contribution is -0.126. The van der Waals surface area contributed by atoms with Gasteiger partial charge in [-0.3, -0.25) is 4.79 Å². The van der Waals surface area contributed by atoms with Crippen LogP contribution in [0.15, 0.2) is 48.5 Å². The Hall–Kier alpha value is -2.37. The predicted molar refractivity (Wildman–Crippen MR) is 102 cm³/mol. The van der Waals surface area contributed by atoms with Crippen molar-refractivity contribution in [2.45, 2.75) is 45.0 Å². The molecule has 0 aromatic heterocycles. The number of amides is 1. The van der Waals surface area contributed by atoms with Crippen LogP contribution < -0.4 is 15.8 Å². The average molecular weight is 354 g/mol. The van der Waals surface area contributed by atoms with Crippen LogP contribution in [-0.4, -0.2) is 24.7 Å². The number of hydrogen-bond acceptors (Lipinski definition) is 4. The maximum absolute atomic E-state index is 12.4. The van der Waals surface area contributed by atoms with E-state index in [2.05, 4.69) is 5.32 Å². The standard InChI is InChI=1S/C21H26N2O3/c1-14-12-17(25-15(2)16-6-4-3-5-7-16)8-10-19(14)23-21(24)20-11-9-18(13-22)26-20/h3-8,10,12,15,18,20H,9,11,13,22H2,1-2H3,(H,23,24)/t15?,18-,20+/m1/s1. The molecular weight excluding hydrogens is 328 g/mol. The molecule has 3 atom stereocenters. The molecule has 138 valence electrons. The van der Waals surface area contributed by atoms with Gasteiger partial charge in [-0.05, 0) is 56.0 Å². The van der Waals surface area contributed by atoms with Gasteiger partial charge < -0.3 is 20.5 Å². The van der Waals surface area contributed by atoms with E-state index in [0.29, 0.717) is 13.0 Å². The predicted octanol–water partition coefficient (Wildman–Crippen LogP) is 3.58. The van der Waals surface area contributed by atoms with Crippen LogP contribution in [0.1, 0.15) is 37.0 Å². The van der Waals surface area contributed by atoms with E-state index in [4.69, 9.17) is 15.2 Å². The van der Waals surface area contributed by atoms with Crippen LogP contribution in [0.5, 0.6) is 5.75 Å². The van der Waals surface area contributed by atoms with E-state index in [1.807, 2.05) is 62.4 Å². The van der Waals surface area contributed by atoms with Crippen molar-refractivity contribution in [1.29, 1.82) is 0 Å². The molecule has 1 heterocycles. The Bertz CT molecular complexity index is 748. The van der Waals surface area contributed by atoms with Crippen LogP contribution in [0.3, 0.4) is 0 Å². The summed E-state index contributed by atoms with van der Waals surface area (Å²) in [6.45, 7) is 4.42. The molecule has 26 heavy (non-hydrogen) atoms. The number of aryl methyl sites for hydroxylation is 1. The van der Waals surface area contributed by atoms with Crippen LogP contribution >= 0.6 is 0 Å². The summed E-state index contributed by atoms with van der Waals surface area (Å²) in [5.41, 5.74) is 8.44. The Kier molecular flexibility index (Phi) is 5.91. The van der Waals surface area contributed by atoms with Gasteiger partial charge in [0, 0.05) is 12.2 Å². The number of benzene rings is 2. The molecule has 2 aromatic rings. The summed E-state index contributed by atoms with van der Waals surface area (Å²) < 4.78 is 11.7. The largest absolute Gasteiger partial charge is 0.486 e. The molecule has 0 radical (unpaired) electrons. The molecule has 0 saturated carbocycles. The monoisotopic (exact) mass is 354 g/mol. The van der Waals surface area contributed by atoms with Crippen molar-refractivity contribution in [3.63, 3.8) is 0 Å². The Balaban J connectivity index is 1.61. The fourth-order valence-corrected chi connectivity index (χ4v) is 3.13. The minimum atomic E-state index is -0.419. The van der Waals surface area contributed by atoms with E-state index in [1.165, 1.54) is 0 Å². The van der Waals surface area contributed by atoms with Crippen molar-refractivity contribution in [3.05, 3.63) is 59.7 Å². The summed E-state index contributed by atoms with van der Waals surface area (Å²) in [6, 6.07) is 15.8. The molecule has 1 saturated heterocycles. The molecule has 0 aliphatic carbocycles. The second-order valence-corrected chi connectivity index (χ2v) is 6.70. The fourth-order valence-electron chi connectivity index (χ4n) is 3.13. The van der Waals surface area contributed by atoms with Crippen molar-refractivity contribution >= 4 is 11.6 Å². The normalized spacial score (nSPS) is 20.6. The van der Waals surface area contributed by atoms with Crippen LogP contribution in [-0.2, 0) is 9.53 Å². The number of carbonyl (C=O) groups excluding carboxylic acids is 1. The highest BCUT2D eigenvalue weighted by atomic mass is 16.5. The van der Waals surface area contributed by atoms with Gasteiger partial charge in [-0.15, -0.1) is 0 Å². The third kappa shape index (κ3) is 4.42. The molecule has 1 unspecified atom stereocenters. The van der Waals surface area contributed by atoms with Gasteiger partial charge in [0.1, 0.15) is 18.0 Å². The Morgan fingerprint density at radius 3 is 2.69 bits per heavy atom. The number of rotatable bonds is 6. The summed E-state index contributed by atoms with van der Waals surface area (Å²) in [6.07, 6.45) is 1.07. The number of carbonyl (C=O) groups is 1. The van der Waals surface area contributed by atoms with Crippen LogP contribution in [0, 0.1) is 6.92 Å². The highest BCUT2D eigenvalue weighted by Gasteiger charge is 2.30. The summed E-state index contributed by atoms with van der Waals surface area (Å²) in [5, 5.41) is 2.95. The molecule has 1 aliphatic rings. The van der Waals surface area contributed by atoms with Gasteiger partial charge in [-0.1, -0.05) is 30.3 Å². The van der Waals surface area contributed by atoms with Crippen LogP contribution in [0.4, 0.5) is 5.69 Å². The molecule has 3 N–H and O–H groups in total. The van der Waals surface area contributed by atoms with Crippen LogP contribution in [0.2, 0.25) is 0 Å². The first-order valence-corrected chi connectivity index (χ1v) is 9.05. The topological polar surface area (TPSA) is 73.6 Å². The molecule has 1 fully saturated rings. The molecule has 1 amide bonds. The number of anilines is 1. The van der Waals surface area contributed by atoms with Crippen molar-refractivity contribution in [3.8, 4) is 5.75 Å². The van der Waals surface area contributed by atoms with Gasteiger partial charge in [0.05, 0.1) is 6.10 Å². The molecule has 0 spiro atoms. The molecule has 5 nitrogen and oxygen atoms in total. The van der Waals surface area contributed by atoms with E-state index in [9.17, 15) is 4.79 Å². The zero-order chi connectivity index (χ0) is 18.5. The lowest BCUT2D eigenvalue weighted by Crippen LogP contribution is -2.30. The number of nitrogens with one attached hydrogen (secondary N) is 1. The van der Waals surface area contributed by atoms with E-state index in [-0.39, 0.29) is 18.1 Å². The Morgan fingerprint density at radius 1 is 1.27 bits per heavy atom. The lowest BCUT2D eigenvalue weighted by Gasteiger charge is -2.17. The Labute approximate surface area is 154 Å². The quantitative estimate of drug-likeness (QED) is 0.831. The minimum Gasteiger partial charge on any atom is -0.486 e. The molecular formula is C21H26N2O3. The maximum atomic E-state index is 12.4. The van der Waals surface area contributed by atoms with Crippen molar-refractivity contribution in [2.24, 2.45) is 5.73 Å². The SMILES string of the molecule is Cc1cc(OC(C)c2ccccc2)ccc1NC(=O)[C@@H]1CC[C@H](CN)O1. The summed E-state index contributed by atoms with van der Waals surface area (Å²) in [4.78, 5) is 12.4. The van der Waals surface area contributed by atoms with Gasteiger partial charge in [-0.25, -0.2) is 0 Å². The smallest absolute Gasteiger partial charge is 0.253 e. The summed E-state index contributed by atoms with van der Waals surface area (Å²) in [5.74, 6) is 0.660. The van der Waals surface area contributed by atoms with E-state index >= 15 is 0 Å². The lowest BCUT2D eigenvalue weighted by atomic mass is 10.1. The van der Waals surface area contributed by atoms with Crippen molar-refractivity contribution in [2.75, 3.05) is 11.9 Å². The van der Waals surface area contributed by atoms with Crippen molar-refractivity contribution in [1.82, 2.24) is 0 Å². The first-order chi connectivity index (χ1) is 12.6. The minimum absolute atomic E-state index is 0.0119. The zero-order valence-electron chi connectivity index (χ0n) is 15.3. The summed E-state index contributed by atoms with van der Waals surface area (Å²) in [7, 11) is 0. The molecule has 1 aliphatic heterocycles. The van der Waals surface area contributed by atoms with E-state index in [0.717, 1.165) is 29.0 Å². The van der Waals surface area contributed by atoms with Crippen molar-refractivity contribution < 1.29 is 14.3 Å². The first kappa shape index (κ1) is 18.4.